The highest BCUT2D eigenvalue weighted by Gasteiger charge is 2.33. The van der Waals surface area contributed by atoms with Gasteiger partial charge in [0.15, 0.2) is 17.3 Å². The summed E-state index contributed by atoms with van der Waals surface area (Å²) >= 11 is 6.01. The Morgan fingerprint density at radius 1 is 1.17 bits per heavy atom. The standard InChI is InChI=1S/C28H26ClFN6O2.C2H4O/c29-20-10-16(11-21(30)28(20)38)22-6-7-23-26(35-22)25(19(13-32-23)27(37)15-3-4-15)34-18-5-8-24(33-12-18)36-9-1-2-17(31)14-36;1-2-3/h5-8,10-13,15,17,38H,1-4,9,14,31H2,(H,32,34);2H,1H3/t17-;/m0./s1. The summed E-state index contributed by atoms with van der Waals surface area (Å²) in [5.74, 6) is -0.609. The van der Waals surface area contributed by atoms with Crippen molar-refractivity contribution in [1.29, 1.82) is 0 Å². The summed E-state index contributed by atoms with van der Waals surface area (Å²) in [6, 6.07) is 10.1. The van der Waals surface area contributed by atoms with Gasteiger partial charge in [-0.3, -0.25) is 9.78 Å². The van der Waals surface area contributed by atoms with Crippen molar-refractivity contribution in [3.63, 3.8) is 0 Å². The number of pyridine rings is 3. The number of phenolic OH excluding ortho intramolecular Hbond substituents is 1. The first kappa shape index (κ1) is 28.4. The van der Waals surface area contributed by atoms with E-state index in [4.69, 9.17) is 27.1 Å². The van der Waals surface area contributed by atoms with Gasteiger partial charge >= 0.3 is 0 Å². The van der Waals surface area contributed by atoms with Gasteiger partial charge < -0.3 is 25.9 Å². The number of aldehydes is 1. The zero-order valence-electron chi connectivity index (χ0n) is 22.5. The summed E-state index contributed by atoms with van der Waals surface area (Å²) in [5.41, 5.74) is 9.65. The number of carbonyl (C=O) groups excluding carboxylic acids is 2. The lowest BCUT2D eigenvalue weighted by Crippen LogP contribution is -2.43. The van der Waals surface area contributed by atoms with Crippen molar-refractivity contribution in [3.8, 4) is 17.0 Å². The van der Waals surface area contributed by atoms with Crippen LogP contribution in [0.2, 0.25) is 5.02 Å². The van der Waals surface area contributed by atoms with E-state index >= 15 is 0 Å². The van der Waals surface area contributed by atoms with Crippen molar-refractivity contribution in [3.05, 3.63) is 65.2 Å². The number of piperidine rings is 1. The molecule has 0 bridgehead atoms. The van der Waals surface area contributed by atoms with Crippen molar-refractivity contribution in [1.82, 2.24) is 15.0 Å². The van der Waals surface area contributed by atoms with Gasteiger partial charge in [-0.2, -0.15) is 0 Å². The van der Waals surface area contributed by atoms with Crippen LogP contribution in [0.1, 0.15) is 43.0 Å². The van der Waals surface area contributed by atoms with Crippen LogP contribution in [0.5, 0.6) is 5.75 Å². The molecule has 0 radical (unpaired) electrons. The number of carbonyl (C=O) groups is 2. The number of rotatable bonds is 6. The summed E-state index contributed by atoms with van der Waals surface area (Å²) in [6.45, 7) is 3.13. The third kappa shape index (κ3) is 6.28. The second-order valence-electron chi connectivity index (χ2n) is 10.2. The molecule has 0 amide bonds. The smallest absolute Gasteiger partial charge is 0.170 e. The van der Waals surface area contributed by atoms with Gasteiger partial charge in [-0.1, -0.05) is 11.6 Å². The van der Waals surface area contributed by atoms with Crippen LogP contribution < -0.4 is 16.0 Å². The average Bonchev–Trinajstić information content (AvgIpc) is 3.82. The van der Waals surface area contributed by atoms with E-state index in [1.54, 1.807) is 24.5 Å². The first-order chi connectivity index (χ1) is 19.8. The molecule has 9 nitrogen and oxygen atoms in total. The fourth-order valence-electron chi connectivity index (χ4n) is 4.83. The number of phenols is 1. The molecule has 11 heteroatoms. The maximum atomic E-state index is 14.2. The van der Waals surface area contributed by atoms with Gasteiger partial charge in [0, 0.05) is 36.8 Å². The third-order valence-electron chi connectivity index (χ3n) is 7.04. The number of aromatic nitrogens is 3. The van der Waals surface area contributed by atoms with Crippen molar-refractivity contribution >= 4 is 51.9 Å². The quantitative estimate of drug-likeness (QED) is 0.196. The molecular weight excluding hydrogens is 547 g/mol. The molecule has 1 saturated heterocycles. The van der Waals surface area contributed by atoms with E-state index < -0.39 is 11.6 Å². The monoisotopic (exact) mass is 576 g/mol. The molecular formula is C30H30ClFN6O3. The molecule has 2 aliphatic rings. The number of anilines is 3. The van der Waals surface area contributed by atoms with Crippen LogP contribution in [0.25, 0.3) is 22.3 Å². The SMILES string of the molecule is CC=O.N[C@H]1CCCN(c2ccc(Nc3c(C(=O)C4CC4)cnc4ccc(-c5cc(F)c(O)c(Cl)c5)nc34)cn2)C1. The maximum absolute atomic E-state index is 14.2. The number of ketones is 1. The van der Waals surface area contributed by atoms with Gasteiger partial charge in [-0.05, 0) is 69.0 Å². The molecule has 4 aromatic rings. The van der Waals surface area contributed by atoms with E-state index in [9.17, 15) is 14.3 Å². The fraction of sp³-hybridized carbons (Fsp3) is 0.300. The van der Waals surface area contributed by atoms with Gasteiger partial charge in [0.25, 0.3) is 0 Å². The summed E-state index contributed by atoms with van der Waals surface area (Å²) in [4.78, 5) is 38.0. The van der Waals surface area contributed by atoms with E-state index in [0.29, 0.717) is 39.2 Å². The highest BCUT2D eigenvalue weighted by molar-refractivity contribution is 6.32. The van der Waals surface area contributed by atoms with E-state index in [1.807, 2.05) is 12.1 Å². The summed E-state index contributed by atoms with van der Waals surface area (Å²) in [5, 5.41) is 13.0. The number of benzene rings is 1. The molecule has 2 fully saturated rings. The van der Waals surface area contributed by atoms with E-state index in [0.717, 1.165) is 50.9 Å². The summed E-state index contributed by atoms with van der Waals surface area (Å²) < 4.78 is 14.2. The van der Waals surface area contributed by atoms with Crippen LogP contribution >= 0.6 is 11.6 Å². The lowest BCUT2D eigenvalue weighted by molar-refractivity contribution is -0.106. The maximum Gasteiger partial charge on any atom is 0.170 e. The highest BCUT2D eigenvalue weighted by Crippen LogP contribution is 2.38. The largest absolute Gasteiger partial charge is 0.504 e. The number of nitrogens with zero attached hydrogens (tertiary/aromatic N) is 4. The molecule has 1 aliphatic heterocycles. The molecule has 6 rings (SSSR count). The lowest BCUT2D eigenvalue weighted by atomic mass is 10.0. The Morgan fingerprint density at radius 3 is 2.61 bits per heavy atom. The molecule has 4 N–H and O–H groups in total. The number of nitrogens with two attached hydrogens (primary N) is 1. The summed E-state index contributed by atoms with van der Waals surface area (Å²) in [6.07, 6.45) is 7.81. The Bertz CT molecular complexity index is 1570. The van der Waals surface area contributed by atoms with E-state index in [2.05, 4.69) is 20.2 Å². The number of nitrogens with one attached hydrogen (secondary N) is 1. The number of halogens is 2. The molecule has 212 valence electrons. The Hall–Kier alpha value is -4.15. The zero-order valence-corrected chi connectivity index (χ0v) is 23.2. The molecule has 41 heavy (non-hydrogen) atoms. The second-order valence-corrected chi connectivity index (χ2v) is 10.6. The molecule has 1 aromatic carbocycles. The number of fused-ring (bicyclic) bond motifs is 1. The minimum Gasteiger partial charge on any atom is -0.504 e. The Morgan fingerprint density at radius 2 is 1.95 bits per heavy atom. The molecule has 1 atom stereocenters. The summed E-state index contributed by atoms with van der Waals surface area (Å²) in [7, 11) is 0. The van der Waals surface area contributed by atoms with Crippen LogP contribution in [0.15, 0.2) is 48.8 Å². The lowest BCUT2D eigenvalue weighted by Gasteiger charge is -2.31. The second kappa shape index (κ2) is 12.2. The fourth-order valence-corrected chi connectivity index (χ4v) is 5.04. The van der Waals surface area contributed by atoms with Crippen LogP contribution in [0.3, 0.4) is 0 Å². The highest BCUT2D eigenvalue weighted by atomic mass is 35.5. The molecule has 1 saturated carbocycles. The van der Waals surface area contributed by atoms with Crippen LogP contribution in [0, 0.1) is 11.7 Å². The Kier molecular flexibility index (Phi) is 8.41. The molecule has 3 aromatic heterocycles. The first-order valence-electron chi connectivity index (χ1n) is 13.4. The Balaban J connectivity index is 0.00000108. The van der Waals surface area contributed by atoms with Crippen LogP contribution in [0.4, 0.5) is 21.6 Å². The number of hydrogen-bond donors (Lipinski definition) is 3. The van der Waals surface area contributed by atoms with Gasteiger partial charge in [-0.25, -0.2) is 14.4 Å². The first-order valence-corrected chi connectivity index (χ1v) is 13.8. The van der Waals surface area contributed by atoms with Crippen molar-refractivity contribution < 1.29 is 19.1 Å². The van der Waals surface area contributed by atoms with Crippen molar-refractivity contribution in [2.45, 2.75) is 38.6 Å². The van der Waals surface area contributed by atoms with Crippen LogP contribution in [-0.4, -0.2) is 51.3 Å². The van der Waals surface area contributed by atoms with Crippen LogP contribution in [-0.2, 0) is 4.79 Å². The third-order valence-corrected chi connectivity index (χ3v) is 7.33. The number of hydrogen-bond acceptors (Lipinski definition) is 9. The normalized spacial score (nSPS) is 16.6. The Labute approximate surface area is 241 Å². The predicted molar refractivity (Wildman–Crippen MR) is 157 cm³/mol. The average molecular weight is 577 g/mol. The van der Waals surface area contributed by atoms with Gasteiger partial charge in [0.1, 0.15) is 17.6 Å². The van der Waals surface area contributed by atoms with Gasteiger partial charge in [0.05, 0.1) is 39.4 Å². The van der Waals surface area contributed by atoms with Crippen molar-refractivity contribution in [2.24, 2.45) is 11.7 Å². The predicted octanol–water partition coefficient (Wildman–Crippen LogP) is 5.66. The number of Topliss-reactive ketones (excluding diaryl/α,β-unsaturated/α-hetero) is 1. The molecule has 4 heterocycles. The zero-order chi connectivity index (χ0) is 29.1. The minimum atomic E-state index is -0.843. The minimum absolute atomic E-state index is 0.0136. The topological polar surface area (TPSA) is 134 Å². The van der Waals surface area contributed by atoms with E-state index in [1.165, 1.54) is 19.1 Å². The molecule has 0 unspecified atom stereocenters. The van der Waals surface area contributed by atoms with E-state index in [-0.39, 0.29) is 22.8 Å². The van der Waals surface area contributed by atoms with Gasteiger partial charge in [0.2, 0.25) is 0 Å². The van der Waals surface area contributed by atoms with Gasteiger partial charge in [-0.15, -0.1) is 0 Å². The molecule has 1 aliphatic carbocycles. The number of aromatic hydroxyl groups is 1. The molecule has 0 spiro atoms. The van der Waals surface area contributed by atoms with Crippen molar-refractivity contribution in [2.75, 3.05) is 23.3 Å².